The molecule has 2 atom stereocenters. The Hall–Kier alpha value is -0.910. The van der Waals surface area contributed by atoms with Gasteiger partial charge >= 0.3 is 0 Å². The summed E-state index contributed by atoms with van der Waals surface area (Å²) in [5.74, 6) is 0.643. The maximum atomic E-state index is 12.5. The second kappa shape index (κ2) is 6.90. The fraction of sp³-hybridized carbons (Fsp3) is 0.625. The van der Waals surface area contributed by atoms with Crippen LogP contribution in [0.1, 0.15) is 50.2 Å². The van der Waals surface area contributed by atoms with Gasteiger partial charge in [0.05, 0.1) is 4.90 Å². The van der Waals surface area contributed by atoms with Gasteiger partial charge in [0.15, 0.2) is 0 Å². The molecule has 0 aromatic heterocycles. The van der Waals surface area contributed by atoms with Gasteiger partial charge in [0.25, 0.3) is 0 Å². The smallest absolute Gasteiger partial charge is 0.240 e. The van der Waals surface area contributed by atoms with Crippen LogP contribution in [-0.4, -0.2) is 14.5 Å². The van der Waals surface area contributed by atoms with Gasteiger partial charge in [-0.3, -0.25) is 0 Å². The zero-order valence-corrected chi connectivity index (χ0v) is 13.7. The molecule has 0 bridgehead atoms. The third-order valence-corrected chi connectivity index (χ3v) is 6.05. The van der Waals surface area contributed by atoms with Crippen molar-refractivity contribution in [1.82, 2.24) is 4.72 Å². The Morgan fingerprint density at radius 3 is 2.76 bits per heavy atom. The van der Waals surface area contributed by atoms with Gasteiger partial charge in [0, 0.05) is 12.6 Å². The van der Waals surface area contributed by atoms with Crippen LogP contribution in [0, 0.1) is 12.8 Å². The summed E-state index contributed by atoms with van der Waals surface area (Å²) in [7, 11) is -3.45. The number of nitrogens with one attached hydrogen (secondary N) is 1. The van der Waals surface area contributed by atoms with Crippen molar-refractivity contribution in [2.75, 3.05) is 0 Å². The van der Waals surface area contributed by atoms with Crippen LogP contribution in [0.5, 0.6) is 0 Å². The van der Waals surface area contributed by atoms with Crippen molar-refractivity contribution in [2.24, 2.45) is 11.7 Å². The Labute approximate surface area is 128 Å². The number of rotatable bonds is 5. The van der Waals surface area contributed by atoms with Crippen molar-refractivity contribution < 1.29 is 8.42 Å². The van der Waals surface area contributed by atoms with E-state index in [4.69, 9.17) is 5.73 Å². The molecule has 5 heteroatoms. The van der Waals surface area contributed by atoms with Gasteiger partial charge in [-0.15, -0.1) is 0 Å². The number of benzene rings is 1. The average molecular weight is 310 g/mol. The van der Waals surface area contributed by atoms with Crippen molar-refractivity contribution in [1.29, 1.82) is 0 Å². The van der Waals surface area contributed by atoms with Gasteiger partial charge in [0.1, 0.15) is 0 Å². The molecule has 0 radical (unpaired) electrons. The molecule has 1 aliphatic carbocycles. The van der Waals surface area contributed by atoms with E-state index < -0.39 is 10.0 Å². The molecule has 2 rings (SSSR count). The van der Waals surface area contributed by atoms with Crippen LogP contribution in [0.15, 0.2) is 23.1 Å². The lowest BCUT2D eigenvalue weighted by Gasteiger charge is -2.29. The molecule has 1 fully saturated rings. The molecule has 21 heavy (non-hydrogen) atoms. The molecule has 0 heterocycles. The van der Waals surface area contributed by atoms with E-state index in [1.54, 1.807) is 12.1 Å². The van der Waals surface area contributed by atoms with Gasteiger partial charge in [-0.1, -0.05) is 32.3 Å². The molecule has 1 aromatic carbocycles. The fourth-order valence-electron chi connectivity index (χ4n) is 3.09. The molecule has 1 aromatic rings. The number of nitrogens with two attached hydrogens (primary N) is 1. The summed E-state index contributed by atoms with van der Waals surface area (Å²) >= 11 is 0. The summed E-state index contributed by atoms with van der Waals surface area (Å²) in [6, 6.07) is 5.25. The summed E-state index contributed by atoms with van der Waals surface area (Å²) in [6.45, 7) is 4.48. The zero-order valence-electron chi connectivity index (χ0n) is 12.9. The van der Waals surface area contributed by atoms with E-state index >= 15 is 0 Å². The SMILES string of the molecule is CCC1CCCC(NS(=O)(=O)c2ccc(C)c(CN)c2)C1. The third kappa shape index (κ3) is 4.05. The van der Waals surface area contributed by atoms with E-state index in [2.05, 4.69) is 11.6 Å². The van der Waals surface area contributed by atoms with E-state index in [1.165, 1.54) is 6.42 Å². The Balaban J connectivity index is 2.14. The topological polar surface area (TPSA) is 72.2 Å². The first-order valence-corrected chi connectivity index (χ1v) is 9.26. The Morgan fingerprint density at radius 2 is 2.10 bits per heavy atom. The van der Waals surface area contributed by atoms with Crippen LogP contribution < -0.4 is 10.5 Å². The zero-order chi connectivity index (χ0) is 15.5. The number of hydrogen-bond donors (Lipinski definition) is 2. The predicted octanol–water partition coefficient (Wildman–Crippen LogP) is 2.70. The molecule has 0 spiro atoms. The molecule has 4 nitrogen and oxygen atoms in total. The number of aryl methyl sites for hydroxylation is 1. The van der Waals surface area contributed by atoms with Gasteiger partial charge < -0.3 is 5.73 Å². The van der Waals surface area contributed by atoms with Crippen molar-refractivity contribution >= 4 is 10.0 Å². The van der Waals surface area contributed by atoms with Crippen LogP contribution in [0.25, 0.3) is 0 Å². The maximum absolute atomic E-state index is 12.5. The summed E-state index contributed by atoms with van der Waals surface area (Å²) in [5.41, 5.74) is 7.58. The quantitative estimate of drug-likeness (QED) is 0.878. The van der Waals surface area contributed by atoms with E-state index in [-0.39, 0.29) is 6.04 Å². The Morgan fingerprint density at radius 1 is 1.33 bits per heavy atom. The van der Waals surface area contributed by atoms with E-state index in [1.807, 2.05) is 13.0 Å². The summed E-state index contributed by atoms with van der Waals surface area (Å²) < 4.78 is 27.9. The second-order valence-corrected chi connectivity index (χ2v) is 7.77. The van der Waals surface area contributed by atoms with Crippen molar-refractivity contribution in [3.8, 4) is 0 Å². The summed E-state index contributed by atoms with van der Waals surface area (Å²) in [6.07, 6.45) is 5.33. The first-order valence-electron chi connectivity index (χ1n) is 7.78. The number of sulfonamides is 1. The lowest BCUT2D eigenvalue weighted by molar-refractivity contribution is 0.301. The van der Waals surface area contributed by atoms with Crippen molar-refractivity contribution in [2.45, 2.75) is 63.4 Å². The highest BCUT2D eigenvalue weighted by Gasteiger charge is 2.25. The second-order valence-electron chi connectivity index (χ2n) is 6.05. The van der Waals surface area contributed by atoms with Crippen LogP contribution in [0.3, 0.4) is 0 Å². The first kappa shape index (κ1) is 16.5. The highest BCUT2D eigenvalue weighted by Crippen LogP contribution is 2.27. The third-order valence-electron chi connectivity index (χ3n) is 4.53. The van der Waals surface area contributed by atoms with Crippen LogP contribution in [0.4, 0.5) is 0 Å². The Bertz CT molecular complexity index is 584. The van der Waals surface area contributed by atoms with Crippen LogP contribution in [0.2, 0.25) is 0 Å². The Kier molecular flexibility index (Phi) is 5.41. The molecule has 118 valence electrons. The largest absolute Gasteiger partial charge is 0.326 e. The van der Waals surface area contributed by atoms with Crippen LogP contribution >= 0.6 is 0 Å². The van der Waals surface area contributed by atoms with E-state index in [0.717, 1.165) is 36.8 Å². The van der Waals surface area contributed by atoms with Gasteiger partial charge in [-0.25, -0.2) is 13.1 Å². The fourth-order valence-corrected chi connectivity index (χ4v) is 4.42. The maximum Gasteiger partial charge on any atom is 0.240 e. The van der Waals surface area contributed by atoms with E-state index in [0.29, 0.717) is 17.4 Å². The van der Waals surface area contributed by atoms with Gasteiger partial charge in [-0.2, -0.15) is 0 Å². The van der Waals surface area contributed by atoms with Crippen LogP contribution in [-0.2, 0) is 16.6 Å². The standard InChI is InChI=1S/C16H26N2O2S/c1-3-13-5-4-6-15(9-13)18-21(19,20)16-8-7-12(2)14(10-16)11-17/h7-8,10,13,15,18H,3-6,9,11,17H2,1-2H3. The number of hydrogen-bond acceptors (Lipinski definition) is 3. The highest BCUT2D eigenvalue weighted by atomic mass is 32.2. The minimum Gasteiger partial charge on any atom is -0.326 e. The molecular formula is C16H26N2O2S. The molecule has 1 saturated carbocycles. The molecule has 3 N–H and O–H groups in total. The molecule has 2 unspecified atom stereocenters. The average Bonchev–Trinajstić information content (AvgIpc) is 2.47. The van der Waals surface area contributed by atoms with Gasteiger partial charge in [-0.05, 0) is 48.9 Å². The molecule has 0 amide bonds. The highest BCUT2D eigenvalue weighted by molar-refractivity contribution is 7.89. The monoisotopic (exact) mass is 310 g/mol. The molecule has 0 aliphatic heterocycles. The van der Waals surface area contributed by atoms with E-state index in [9.17, 15) is 8.42 Å². The van der Waals surface area contributed by atoms with Crippen molar-refractivity contribution in [3.05, 3.63) is 29.3 Å². The first-order chi connectivity index (χ1) is 9.96. The minimum atomic E-state index is -3.45. The lowest BCUT2D eigenvalue weighted by atomic mass is 9.85. The minimum absolute atomic E-state index is 0.0660. The lowest BCUT2D eigenvalue weighted by Crippen LogP contribution is -2.38. The molecule has 0 saturated heterocycles. The molecule has 1 aliphatic rings. The molecular weight excluding hydrogens is 284 g/mol. The van der Waals surface area contributed by atoms with Gasteiger partial charge in [0.2, 0.25) is 10.0 Å². The van der Waals surface area contributed by atoms with Crippen molar-refractivity contribution in [3.63, 3.8) is 0 Å². The normalized spacial score (nSPS) is 23.2. The summed E-state index contributed by atoms with van der Waals surface area (Å²) in [5, 5.41) is 0. The summed E-state index contributed by atoms with van der Waals surface area (Å²) in [4.78, 5) is 0.326. The predicted molar refractivity (Wildman–Crippen MR) is 85.4 cm³/mol.